The van der Waals surface area contributed by atoms with Gasteiger partial charge in [0.1, 0.15) is 6.10 Å². The van der Waals surface area contributed by atoms with E-state index in [1.165, 1.54) is 0 Å². The van der Waals surface area contributed by atoms with Gasteiger partial charge in [-0.15, -0.1) is 0 Å². The molecule has 1 aliphatic heterocycles. The maximum atomic E-state index is 13.5. The van der Waals surface area contributed by atoms with Gasteiger partial charge in [-0.2, -0.15) is 0 Å². The minimum Gasteiger partial charge on any atom is -0.372 e. The summed E-state index contributed by atoms with van der Waals surface area (Å²) in [7, 11) is 0. The van der Waals surface area contributed by atoms with Crippen LogP contribution in [0, 0.1) is 5.41 Å². The molecule has 0 radical (unpaired) electrons. The third-order valence-electron chi connectivity index (χ3n) is 2.33. The maximum Gasteiger partial charge on any atom is 0.278 e. The lowest BCUT2D eigenvalue weighted by Crippen LogP contribution is -2.44. The van der Waals surface area contributed by atoms with Crippen molar-refractivity contribution in [1.82, 2.24) is 0 Å². The Morgan fingerprint density at radius 3 is 2.17 bits per heavy atom. The fourth-order valence-corrected chi connectivity index (χ4v) is 1.35. The van der Waals surface area contributed by atoms with E-state index in [0.29, 0.717) is 13.0 Å². The summed E-state index contributed by atoms with van der Waals surface area (Å²) in [5.74, 6) is -2.70. The molecule has 1 aliphatic rings. The molecule has 12 heavy (non-hydrogen) atoms. The highest BCUT2D eigenvalue weighted by Gasteiger charge is 2.51. The van der Waals surface area contributed by atoms with Crippen molar-refractivity contribution in [2.24, 2.45) is 5.41 Å². The average molecular weight is 178 g/mol. The SMILES string of the molecule is CC(C)(C)C(F)(F)C1CCCO1. The molecule has 0 aliphatic carbocycles. The number of ether oxygens (including phenoxy) is 1. The Labute approximate surface area is 72.1 Å². The summed E-state index contributed by atoms with van der Waals surface area (Å²) in [6.45, 7) is 5.13. The second-order valence-corrected chi connectivity index (χ2v) is 4.37. The summed E-state index contributed by atoms with van der Waals surface area (Å²) in [5, 5.41) is 0. The highest BCUT2D eigenvalue weighted by Crippen LogP contribution is 2.42. The van der Waals surface area contributed by atoms with Crippen LogP contribution in [0.3, 0.4) is 0 Å². The first-order chi connectivity index (χ1) is 5.36. The van der Waals surface area contributed by atoms with E-state index in [0.717, 1.165) is 6.42 Å². The van der Waals surface area contributed by atoms with Crippen molar-refractivity contribution >= 4 is 0 Å². The van der Waals surface area contributed by atoms with Crippen LogP contribution < -0.4 is 0 Å². The van der Waals surface area contributed by atoms with Crippen LogP contribution in [0.4, 0.5) is 8.78 Å². The zero-order valence-electron chi connectivity index (χ0n) is 7.86. The van der Waals surface area contributed by atoms with E-state index in [2.05, 4.69) is 0 Å². The summed E-state index contributed by atoms with van der Waals surface area (Å²) >= 11 is 0. The van der Waals surface area contributed by atoms with Gasteiger partial charge in [0.2, 0.25) is 0 Å². The summed E-state index contributed by atoms with van der Waals surface area (Å²) in [6.07, 6.45) is 0.387. The van der Waals surface area contributed by atoms with Crippen molar-refractivity contribution in [2.75, 3.05) is 6.61 Å². The summed E-state index contributed by atoms with van der Waals surface area (Å²) in [5.41, 5.74) is -0.998. The van der Waals surface area contributed by atoms with E-state index in [9.17, 15) is 8.78 Å². The summed E-state index contributed by atoms with van der Waals surface area (Å²) in [6, 6.07) is 0. The third-order valence-corrected chi connectivity index (χ3v) is 2.33. The third kappa shape index (κ3) is 1.60. The summed E-state index contributed by atoms with van der Waals surface area (Å²) in [4.78, 5) is 0. The molecule has 0 bridgehead atoms. The van der Waals surface area contributed by atoms with Crippen molar-refractivity contribution < 1.29 is 13.5 Å². The van der Waals surface area contributed by atoms with Gasteiger partial charge in [0.25, 0.3) is 5.92 Å². The summed E-state index contributed by atoms with van der Waals surface area (Å²) < 4.78 is 32.0. The van der Waals surface area contributed by atoms with Crippen molar-refractivity contribution in [3.8, 4) is 0 Å². The predicted molar refractivity (Wildman–Crippen MR) is 43.4 cm³/mol. The number of hydrogen-bond acceptors (Lipinski definition) is 1. The molecule has 0 amide bonds. The Kier molecular flexibility index (Phi) is 2.43. The molecular weight excluding hydrogens is 162 g/mol. The molecular formula is C9H16F2O. The zero-order valence-corrected chi connectivity index (χ0v) is 7.86. The Morgan fingerprint density at radius 2 is 1.83 bits per heavy atom. The Bertz CT molecular complexity index is 154. The van der Waals surface area contributed by atoms with Gasteiger partial charge >= 0.3 is 0 Å². The Morgan fingerprint density at radius 1 is 1.25 bits per heavy atom. The van der Waals surface area contributed by atoms with E-state index in [1.54, 1.807) is 20.8 Å². The van der Waals surface area contributed by atoms with Crippen LogP contribution in [0.2, 0.25) is 0 Å². The van der Waals surface area contributed by atoms with Gasteiger partial charge in [0.15, 0.2) is 0 Å². The van der Waals surface area contributed by atoms with Gasteiger partial charge in [0, 0.05) is 12.0 Å². The van der Waals surface area contributed by atoms with Crippen LogP contribution in [0.1, 0.15) is 33.6 Å². The smallest absolute Gasteiger partial charge is 0.278 e. The van der Waals surface area contributed by atoms with Crippen LogP contribution in [-0.2, 0) is 4.74 Å². The standard InChI is InChI=1S/C9H16F2O/c1-8(2,3)9(10,11)7-5-4-6-12-7/h7H,4-6H2,1-3H3. The minimum absolute atomic E-state index is 0.482. The monoisotopic (exact) mass is 178 g/mol. The van der Waals surface area contributed by atoms with Crippen LogP contribution in [0.25, 0.3) is 0 Å². The average Bonchev–Trinajstić information content (AvgIpc) is 2.34. The van der Waals surface area contributed by atoms with Gasteiger partial charge < -0.3 is 4.74 Å². The van der Waals surface area contributed by atoms with E-state index in [1.807, 2.05) is 0 Å². The van der Waals surface area contributed by atoms with Crippen molar-refractivity contribution in [1.29, 1.82) is 0 Å². The number of hydrogen-bond donors (Lipinski definition) is 0. The van der Waals surface area contributed by atoms with Crippen LogP contribution >= 0.6 is 0 Å². The number of rotatable bonds is 1. The lowest BCUT2D eigenvalue weighted by Gasteiger charge is -2.34. The molecule has 1 unspecified atom stereocenters. The van der Waals surface area contributed by atoms with Gasteiger partial charge in [0.05, 0.1) is 0 Å². The fourth-order valence-electron chi connectivity index (χ4n) is 1.35. The molecule has 1 nitrogen and oxygen atoms in total. The largest absolute Gasteiger partial charge is 0.372 e. The van der Waals surface area contributed by atoms with Gasteiger partial charge in [-0.3, -0.25) is 0 Å². The molecule has 3 heteroatoms. The lowest BCUT2D eigenvalue weighted by atomic mass is 9.84. The second kappa shape index (κ2) is 2.95. The fraction of sp³-hybridized carbons (Fsp3) is 1.00. The Balaban J connectivity index is 2.69. The van der Waals surface area contributed by atoms with E-state index in [-0.39, 0.29) is 0 Å². The highest BCUT2D eigenvalue weighted by molar-refractivity contribution is 4.90. The van der Waals surface area contributed by atoms with E-state index >= 15 is 0 Å². The number of alkyl halides is 2. The number of halogens is 2. The van der Waals surface area contributed by atoms with Crippen LogP contribution in [-0.4, -0.2) is 18.6 Å². The quantitative estimate of drug-likeness (QED) is 0.600. The second-order valence-electron chi connectivity index (χ2n) is 4.37. The predicted octanol–water partition coefficient (Wildman–Crippen LogP) is 2.85. The molecule has 1 heterocycles. The van der Waals surface area contributed by atoms with Crippen molar-refractivity contribution in [3.05, 3.63) is 0 Å². The maximum absolute atomic E-state index is 13.5. The molecule has 72 valence electrons. The van der Waals surface area contributed by atoms with Gasteiger partial charge in [-0.25, -0.2) is 8.78 Å². The first-order valence-electron chi connectivity index (χ1n) is 4.35. The van der Waals surface area contributed by atoms with Crippen molar-refractivity contribution in [2.45, 2.75) is 45.6 Å². The highest BCUT2D eigenvalue weighted by atomic mass is 19.3. The molecule has 1 atom stereocenters. The lowest BCUT2D eigenvalue weighted by molar-refractivity contribution is -0.178. The molecule has 1 fully saturated rings. The first-order valence-corrected chi connectivity index (χ1v) is 4.35. The molecule has 0 spiro atoms. The van der Waals surface area contributed by atoms with E-state index < -0.39 is 17.4 Å². The molecule has 0 saturated carbocycles. The van der Waals surface area contributed by atoms with E-state index in [4.69, 9.17) is 4.74 Å². The minimum atomic E-state index is -2.70. The molecule has 1 rings (SSSR count). The van der Waals surface area contributed by atoms with Crippen LogP contribution in [0.15, 0.2) is 0 Å². The molecule has 1 saturated heterocycles. The molecule has 0 aromatic heterocycles. The van der Waals surface area contributed by atoms with Crippen LogP contribution in [0.5, 0.6) is 0 Å². The van der Waals surface area contributed by atoms with Crippen molar-refractivity contribution in [3.63, 3.8) is 0 Å². The zero-order chi connectivity index (χ0) is 9.41. The molecule has 0 N–H and O–H groups in total. The first kappa shape index (κ1) is 9.90. The van der Waals surface area contributed by atoms with Gasteiger partial charge in [-0.05, 0) is 12.8 Å². The molecule has 0 aromatic carbocycles. The topological polar surface area (TPSA) is 9.23 Å². The molecule has 0 aromatic rings. The van der Waals surface area contributed by atoms with Gasteiger partial charge in [-0.1, -0.05) is 20.8 Å². The normalized spacial score (nSPS) is 26.2. The Hall–Kier alpha value is -0.180.